The fourth-order valence-corrected chi connectivity index (χ4v) is 11.6. The second-order valence-corrected chi connectivity index (χ2v) is 19.8. The van der Waals surface area contributed by atoms with Crippen molar-refractivity contribution in [3.8, 4) is 20.9 Å². The van der Waals surface area contributed by atoms with Crippen LogP contribution in [0.25, 0.3) is 54.8 Å². The molecular weight excluding hydrogens is 827 g/mol. The summed E-state index contributed by atoms with van der Waals surface area (Å²) < 4.78 is 2.66. The number of nitrogens with zero attached hydrogens (tertiary/aromatic N) is 1. The molecule has 9 rings (SSSR count). The molecule has 0 aliphatic heterocycles. The van der Waals surface area contributed by atoms with Crippen molar-refractivity contribution in [1.29, 1.82) is 0 Å². The molecule has 0 fully saturated rings. The first-order valence-corrected chi connectivity index (χ1v) is 25.1. The predicted octanol–water partition coefficient (Wildman–Crippen LogP) is 16.2. The molecule has 0 saturated carbocycles. The number of benzene rings is 4. The van der Waals surface area contributed by atoms with Gasteiger partial charge >= 0.3 is 0 Å². The number of Topliss-reactive ketones (excluding diaryl/α,β-unsaturated/α-hetero) is 4. The van der Waals surface area contributed by atoms with Crippen LogP contribution in [0.15, 0.2) is 120 Å². The van der Waals surface area contributed by atoms with Crippen LogP contribution >= 0.6 is 22.7 Å². The largest absolute Gasteiger partial charge is 0.337 e. The van der Waals surface area contributed by atoms with Crippen LogP contribution in [0.1, 0.15) is 161 Å². The Labute approximate surface area is 384 Å². The van der Waals surface area contributed by atoms with Crippen LogP contribution in [0, 0.1) is 0 Å². The van der Waals surface area contributed by atoms with Crippen LogP contribution in [0.3, 0.4) is 0 Å². The first-order chi connectivity index (χ1) is 31.3. The lowest BCUT2D eigenvalue weighted by Gasteiger charge is -2.22. The van der Waals surface area contributed by atoms with Crippen molar-refractivity contribution in [2.24, 2.45) is 0 Å². The lowest BCUT2D eigenvalue weighted by atomic mass is 9.99. The molecule has 3 heterocycles. The summed E-state index contributed by atoms with van der Waals surface area (Å²) >= 11 is 3.21. The van der Waals surface area contributed by atoms with Gasteiger partial charge in [0.2, 0.25) is 0 Å². The van der Waals surface area contributed by atoms with E-state index in [1.165, 1.54) is 98.9 Å². The highest BCUT2D eigenvalue weighted by molar-refractivity contribution is 7.16. The zero-order valence-electron chi connectivity index (χ0n) is 36.9. The van der Waals surface area contributed by atoms with E-state index >= 15 is 0 Å². The Bertz CT molecular complexity index is 2700. The van der Waals surface area contributed by atoms with Gasteiger partial charge in [-0.15, -0.1) is 22.7 Å². The van der Waals surface area contributed by atoms with Crippen molar-refractivity contribution in [2.75, 3.05) is 0 Å². The molecule has 7 aromatic rings. The maximum atomic E-state index is 13.2. The molecule has 4 aromatic carbocycles. The van der Waals surface area contributed by atoms with E-state index in [4.69, 9.17) is 0 Å². The third-order valence-electron chi connectivity index (χ3n) is 13.2. The van der Waals surface area contributed by atoms with Gasteiger partial charge in [0.1, 0.15) is 0 Å². The number of unbranched alkanes of at least 4 members (excludes halogenated alkanes) is 10. The lowest BCUT2D eigenvalue weighted by molar-refractivity contribution is 0.0975. The van der Waals surface area contributed by atoms with Gasteiger partial charge in [-0.1, -0.05) is 164 Å². The Kier molecular flexibility index (Phi) is 13.3. The standard InChI is InChI=1S/C57H55NO4S2/c1-3-5-7-9-11-13-19-39(20-14-12-10-8-6-4-2)58-50-33-37(52-31-27-40(63-52)35-48-54(59)44-21-15-16-22-45(44)55(48)60)25-29-42(50)43-30-26-38(34-51(43)58)53-32-28-41(64-53)36-49-56(61)46-23-17-18-24-47(46)57(49)62/h15-18,21-36,39H,3-14,19-20H2,1-2H3. The van der Waals surface area contributed by atoms with Gasteiger partial charge in [0.25, 0.3) is 0 Å². The topological polar surface area (TPSA) is 73.2 Å². The molecule has 0 unspecified atom stereocenters. The van der Waals surface area contributed by atoms with Crippen molar-refractivity contribution in [1.82, 2.24) is 4.57 Å². The summed E-state index contributed by atoms with van der Waals surface area (Å²) in [7, 11) is 0. The van der Waals surface area contributed by atoms with Crippen LogP contribution in [0.4, 0.5) is 0 Å². The zero-order chi connectivity index (χ0) is 44.2. The van der Waals surface area contributed by atoms with E-state index in [0.29, 0.717) is 28.3 Å². The van der Waals surface area contributed by atoms with Crippen LogP contribution in [-0.4, -0.2) is 27.7 Å². The van der Waals surface area contributed by atoms with Gasteiger partial charge < -0.3 is 4.57 Å². The number of thiophene rings is 2. The number of allylic oxidation sites excluding steroid dienone is 2. The highest BCUT2D eigenvalue weighted by Crippen LogP contribution is 2.42. The third-order valence-corrected chi connectivity index (χ3v) is 15.3. The molecule has 0 atom stereocenters. The van der Waals surface area contributed by atoms with Gasteiger partial charge in [-0.3, -0.25) is 19.2 Å². The molecule has 0 spiro atoms. The number of aromatic nitrogens is 1. The van der Waals surface area contributed by atoms with E-state index in [2.05, 4.69) is 66.9 Å². The number of carbonyl (C=O) groups excluding carboxylic acids is 4. The van der Waals surface area contributed by atoms with Gasteiger partial charge in [-0.05, 0) is 72.5 Å². The molecule has 324 valence electrons. The zero-order valence-corrected chi connectivity index (χ0v) is 38.6. The number of rotatable bonds is 19. The Morgan fingerprint density at radius 2 is 0.828 bits per heavy atom. The molecule has 2 aliphatic rings. The summed E-state index contributed by atoms with van der Waals surface area (Å²) in [4.78, 5) is 56.9. The van der Waals surface area contributed by atoms with Crippen molar-refractivity contribution < 1.29 is 19.2 Å². The van der Waals surface area contributed by atoms with E-state index < -0.39 is 0 Å². The van der Waals surface area contributed by atoms with Crippen molar-refractivity contribution in [3.63, 3.8) is 0 Å². The third kappa shape index (κ3) is 8.73. The van der Waals surface area contributed by atoms with Crippen LogP contribution in [0.5, 0.6) is 0 Å². The maximum absolute atomic E-state index is 13.2. The van der Waals surface area contributed by atoms with E-state index in [-0.39, 0.29) is 34.3 Å². The fraction of sp³-hybridized carbons (Fsp3) is 0.298. The lowest BCUT2D eigenvalue weighted by Crippen LogP contribution is -2.09. The minimum Gasteiger partial charge on any atom is -0.337 e. The monoisotopic (exact) mass is 881 g/mol. The first kappa shape index (κ1) is 43.5. The van der Waals surface area contributed by atoms with E-state index in [9.17, 15) is 19.2 Å². The number of hydrogen-bond donors (Lipinski definition) is 0. The molecule has 0 radical (unpaired) electrons. The molecule has 0 amide bonds. The summed E-state index contributed by atoms with van der Waals surface area (Å²) in [6, 6.07) is 36.4. The van der Waals surface area contributed by atoms with Gasteiger partial charge in [0, 0.05) is 58.6 Å². The van der Waals surface area contributed by atoms with Gasteiger partial charge in [-0.25, -0.2) is 0 Å². The van der Waals surface area contributed by atoms with Gasteiger partial charge in [0.05, 0.1) is 22.2 Å². The highest BCUT2D eigenvalue weighted by atomic mass is 32.1. The van der Waals surface area contributed by atoms with Crippen molar-refractivity contribution >= 4 is 79.8 Å². The Balaban J connectivity index is 1.09. The molecular formula is C57H55NO4S2. The number of carbonyl (C=O) groups is 4. The summed E-state index contributed by atoms with van der Waals surface area (Å²) in [6.07, 6.45) is 20.9. The van der Waals surface area contributed by atoms with Crippen molar-refractivity contribution in [3.05, 3.63) is 152 Å². The summed E-state index contributed by atoms with van der Waals surface area (Å²) in [5.41, 5.74) is 7.07. The minimum atomic E-state index is -0.205. The summed E-state index contributed by atoms with van der Waals surface area (Å²) in [5, 5.41) is 2.46. The highest BCUT2D eigenvalue weighted by Gasteiger charge is 2.34. The second-order valence-electron chi connectivity index (χ2n) is 17.5. The Morgan fingerprint density at radius 1 is 0.453 bits per heavy atom. The molecule has 7 heteroatoms. The average molecular weight is 882 g/mol. The van der Waals surface area contributed by atoms with Crippen LogP contribution in [-0.2, 0) is 0 Å². The average Bonchev–Trinajstić information content (AvgIpc) is 4.15. The SMILES string of the molecule is CCCCCCCCC(CCCCCCCC)n1c2cc(-c3ccc(C=C4C(=O)c5ccccc5C4=O)s3)ccc2c2ccc(-c3ccc(C=C4C(=O)c5ccccc5C4=O)s3)cc21. The Morgan fingerprint density at radius 3 is 1.22 bits per heavy atom. The summed E-state index contributed by atoms with van der Waals surface area (Å²) in [5.74, 6) is -0.821. The second kappa shape index (κ2) is 19.5. The van der Waals surface area contributed by atoms with E-state index in [1.807, 2.05) is 12.1 Å². The number of ketones is 4. The number of fused-ring (bicyclic) bond motifs is 5. The maximum Gasteiger partial charge on any atom is 0.197 e. The fourth-order valence-electron chi connectivity index (χ4n) is 9.73. The van der Waals surface area contributed by atoms with Crippen LogP contribution in [0.2, 0.25) is 0 Å². The molecule has 0 saturated heterocycles. The molecule has 3 aromatic heterocycles. The smallest absolute Gasteiger partial charge is 0.197 e. The van der Waals surface area contributed by atoms with Gasteiger partial charge in [0.15, 0.2) is 23.1 Å². The first-order valence-electron chi connectivity index (χ1n) is 23.4. The van der Waals surface area contributed by atoms with Gasteiger partial charge in [-0.2, -0.15) is 0 Å². The quantitative estimate of drug-likeness (QED) is 0.0461. The van der Waals surface area contributed by atoms with Crippen LogP contribution < -0.4 is 0 Å². The minimum absolute atomic E-state index is 0.205. The number of hydrogen-bond acceptors (Lipinski definition) is 6. The molecule has 2 aliphatic carbocycles. The molecule has 64 heavy (non-hydrogen) atoms. The predicted molar refractivity (Wildman–Crippen MR) is 267 cm³/mol. The Hall–Kier alpha value is -5.76. The molecule has 0 N–H and O–H groups in total. The normalized spacial score (nSPS) is 13.6. The van der Waals surface area contributed by atoms with Crippen molar-refractivity contribution in [2.45, 2.75) is 110 Å². The van der Waals surface area contributed by atoms with E-state index in [0.717, 1.165) is 43.5 Å². The summed E-state index contributed by atoms with van der Waals surface area (Å²) in [6.45, 7) is 4.55. The van der Waals surface area contributed by atoms with E-state index in [1.54, 1.807) is 83.4 Å². The molecule has 0 bridgehead atoms. The molecule has 5 nitrogen and oxygen atoms in total.